The van der Waals surface area contributed by atoms with Crippen LogP contribution in [0.25, 0.3) is 0 Å². The molecule has 1 saturated carbocycles. The Morgan fingerprint density at radius 2 is 2.00 bits per heavy atom. The van der Waals surface area contributed by atoms with Crippen molar-refractivity contribution in [3.63, 3.8) is 0 Å². The number of amides is 2. The van der Waals surface area contributed by atoms with Crippen LogP contribution in [0.2, 0.25) is 0 Å². The number of nitrogens with zero attached hydrogens (tertiary/aromatic N) is 1. The van der Waals surface area contributed by atoms with E-state index < -0.39 is 0 Å². The Hall–Kier alpha value is -1.16. The predicted molar refractivity (Wildman–Crippen MR) is 63.3 cm³/mol. The molecule has 0 bridgehead atoms. The summed E-state index contributed by atoms with van der Waals surface area (Å²) in [4.78, 5) is 24.3. The third-order valence-electron chi connectivity index (χ3n) is 3.41. The molecule has 17 heavy (non-hydrogen) atoms. The van der Waals surface area contributed by atoms with Gasteiger partial charge in [-0.2, -0.15) is 0 Å². The highest BCUT2D eigenvalue weighted by Crippen LogP contribution is 2.20. The van der Waals surface area contributed by atoms with Crippen LogP contribution in [0.4, 0.5) is 0 Å². The lowest BCUT2D eigenvalue weighted by Crippen LogP contribution is -2.35. The number of carbonyl (C=O) groups excluding carboxylic acids is 2. The number of hydrogen-bond acceptors (Lipinski definition) is 3. The van der Waals surface area contributed by atoms with Crippen LogP contribution in [-0.2, 0) is 14.3 Å². The molecule has 1 aliphatic carbocycles. The first-order chi connectivity index (χ1) is 8.18. The molecule has 1 aliphatic heterocycles. The van der Waals surface area contributed by atoms with E-state index in [0.29, 0.717) is 24.8 Å². The second-order valence-corrected chi connectivity index (χ2v) is 4.75. The third kappa shape index (κ3) is 2.94. The fourth-order valence-corrected chi connectivity index (χ4v) is 2.39. The van der Waals surface area contributed by atoms with Gasteiger partial charge in [0.05, 0.1) is 19.3 Å². The highest BCUT2D eigenvalue weighted by atomic mass is 16.5. The van der Waals surface area contributed by atoms with Crippen LogP contribution < -0.4 is 0 Å². The van der Waals surface area contributed by atoms with Gasteiger partial charge in [-0.25, -0.2) is 0 Å². The quantitative estimate of drug-likeness (QED) is 0.698. The average Bonchev–Trinajstić information content (AvgIpc) is 2.57. The zero-order chi connectivity index (χ0) is 12.3. The van der Waals surface area contributed by atoms with Crippen molar-refractivity contribution in [1.29, 1.82) is 0 Å². The van der Waals surface area contributed by atoms with Gasteiger partial charge in [-0.1, -0.05) is 19.3 Å². The molecule has 1 fully saturated rings. The molecule has 2 amide bonds. The summed E-state index contributed by atoms with van der Waals surface area (Å²) in [6.45, 7) is 2.51. The van der Waals surface area contributed by atoms with E-state index in [9.17, 15) is 9.59 Å². The number of rotatable bonds is 4. The predicted octanol–water partition coefficient (Wildman–Crippen LogP) is 1.65. The molecule has 4 nitrogen and oxygen atoms in total. The number of ether oxygens (including phenoxy) is 1. The normalized spacial score (nSPS) is 22.2. The molecule has 94 valence electrons. The van der Waals surface area contributed by atoms with Crippen LogP contribution in [0.1, 0.15) is 39.0 Å². The number of imide groups is 1. The lowest BCUT2D eigenvalue weighted by molar-refractivity contribution is -0.138. The molecule has 0 spiro atoms. The van der Waals surface area contributed by atoms with Gasteiger partial charge >= 0.3 is 0 Å². The van der Waals surface area contributed by atoms with Crippen molar-refractivity contribution < 1.29 is 14.3 Å². The molecule has 1 heterocycles. The van der Waals surface area contributed by atoms with E-state index in [-0.39, 0.29) is 11.8 Å². The minimum atomic E-state index is -0.209. The van der Waals surface area contributed by atoms with Crippen molar-refractivity contribution in [2.24, 2.45) is 0 Å². The van der Waals surface area contributed by atoms with Crippen molar-refractivity contribution in [1.82, 2.24) is 4.90 Å². The topological polar surface area (TPSA) is 46.6 Å². The van der Waals surface area contributed by atoms with Crippen molar-refractivity contribution >= 4 is 11.8 Å². The summed E-state index contributed by atoms with van der Waals surface area (Å²) in [7, 11) is 0. The van der Waals surface area contributed by atoms with Gasteiger partial charge in [0.1, 0.15) is 0 Å². The fraction of sp³-hybridized carbons (Fsp3) is 0.692. The average molecular weight is 237 g/mol. The Morgan fingerprint density at radius 1 is 1.29 bits per heavy atom. The number of hydrogen-bond donors (Lipinski definition) is 0. The van der Waals surface area contributed by atoms with Crippen LogP contribution in [0.5, 0.6) is 0 Å². The maximum atomic E-state index is 11.6. The number of carbonyl (C=O) groups is 2. The first-order valence-electron chi connectivity index (χ1n) is 6.34. The second-order valence-electron chi connectivity index (χ2n) is 4.75. The molecule has 0 atom stereocenters. The fourth-order valence-electron chi connectivity index (χ4n) is 2.39. The van der Waals surface area contributed by atoms with Crippen LogP contribution in [0.3, 0.4) is 0 Å². The molecule has 0 aromatic heterocycles. The van der Waals surface area contributed by atoms with Crippen LogP contribution in [0.15, 0.2) is 11.6 Å². The molecule has 0 unspecified atom stereocenters. The van der Waals surface area contributed by atoms with Crippen molar-refractivity contribution in [2.75, 3.05) is 13.2 Å². The van der Waals surface area contributed by atoms with Crippen molar-refractivity contribution in [3.05, 3.63) is 11.6 Å². The highest BCUT2D eigenvalue weighted by Gasteiger charge is 2.28. The minimum Gasteiger partial charge on any atom is -0.376 e. The molecular formula is C13H19NO3. The van der Waals surface area contributed by atoms with Gasteiger partial charge < -0.3 is 4.74 Å². The maximum Gasteiger partial charge on any atom is 0.256 e. The van der Waals surface area contributed by atoms with Gasteiger partial charge in [-0.3, -0.25) is 14.5 Å². The smallest absolute Gasteiger partial charge is 0.256 e. The second kappa shape index (κ2) is 5.45. The molecule has 2 aliphatic rings. The Bertz CT molecular complexity index is 343. The van der Waals surface area contributed by atoms with Gasteiger partial charge in [-0.05, 0) is 19.8 Å². The van der Waals surface area contributed by atoms with E-state index >= 15 is 0 Å². The van der Waals surface area contributed by atoms with E-state index in [2.05, 4.69) is 0 Å². The van der Waals surface area contributed by atoms with E-state index in [1.165, 1.54) is 30.2 Å². The van der Waals surface area contributed by atoms with Gasteiger partial charge in [0, 0.05) is 11.6 Å². The summed E-state index contributed by atoms with van der Waals surface area (Å²) in [6.07, 6.45) is 7.69. The van der Waals surface area contributed by atoms with E-state index in [4.69, 9.17) is 4.74 Å². The summed E-state index contributed by atoms with van der Waals surface area (Å²) >= 11 is 0. The van der Waals surface area contributed by atoms with Gasteiger partial charge in [0.2, 0.25) is 0 Å². The Labute approximate surface area is 102 Å². The first-order valence-corrected chi connectivity index (χ1v) is 6.34. The maximum absolute atomic E-state index is 11.6. The molecule has 0 radical (unpaired) electrons. The van der Waals surface area contributed by atoms with E-state index in [1.807, 2.05) is 0 Å². The van der Waals surface area contributed by atoms with E-state index in [1.54, 1.807) is 6.92 Å². The monoisotopic (exact) mass is 237 g/mol. The largest absolute Gasteiger partial charge is 0.376 e. The van der Waals surface area contributed by atoms with Crippen LogP contribution in [-0.4, -0.2) is 36.0 Å². The zero-order valence-electron chi connectivity index (χ0n) is 10.3. The molecular weight excluding hydrogens is 218 g/mol. The van der Waals surface area contributed by atoms with Crippen molar-refractivity contribution in [2.45, 2.75) is 45.1 Å². The molecule has 4 heteroatoms. The highest BCUT2D eigenvalue weighted by molar-refractivity contribution is 6.15. The Kier molecular flexibility index (Phi) is 3.94. The molecule has 0 N–H and O–H groups in total. The van der Waals surface area contributed by atoms with Crippen molar-refractivity contribution in [3.8, 4) is 0 Å². The lowest BCUT2D eigenvalue weighted by Gasteiger charge is -2.23. The zero-order valence-corrected chi connectivity index (χ0v) is 10.3. The standard InChI is InChI=1S/C13H19NO3/c1-10-9-12(15)14(13(10)16)7-8-17-11-5-3-2-4-6-11/h9,11H,2-8H2,1H3. The molecule has 0 saturated heterocycles. The van der Waals surface area contributed by atoms with Gasteiger partial charge in [0.15, 0.2) is 0 Å². The third-order valence-corrected chi connectivity index (χ3v) is 3.41. The Balaban J connectivity index is 1.72. The molecule has 0 aromatic rings. The van der Waals surface area contributed by atoms with Crippen LogP contribution >= 0.6 is 0 Å². The summed E-state index contributed by atoms with van der Waals surface area (Å²) in [5, 5.41) is 0. The molecule has 2 rings (SSSR count). The van der Waals surface area contributed by atoms with Gasteiger partial charge in [-0.15, -0.1) is 0 Å². The molecule has 0 aromatic carbocycles. The summed E-state index contributed by atoms with van der Waals surface area (Å²) in [5.41, 5.74) is 0.521. The first kappa shape index (κ1) is 12.3. The Morgan fingerprint density at radius 3 is 2.59 bits per heavy atom. The van der Waals surface area contributed by atoms with Gasteiger partial charge in [0.25, 0.3) is 11.8 Å². The SMILES string of the molecule is CC1=CC(=O)N(CCOC2CCCCC2)C1=O. The van der Waals surface area contributed by atoms with Crippen LogP contribution in [0, 0.1) is 0 Å². The summed E-state index contributed by atoms with van der Waals surface area (Å²) in [6, 6.07) is 0. The summed E-state index contributed by atoms with van der Waals surface area (Å²) < 4.78 is 5.71. The summed E-state index contributed by atoms with van der Waals surface area (Å²) in [5.74, 6) is -0.387. The minimum absolute atomic E-state index is 0.178. The van der Waals surface area contributed by atoms with E-state index in [0.717, 1.165) is 12.8 Å². The lowest BCUT2D eigenvalue weighted by atomic mass is 9.98.